The lowest BCUT2D eigenvalue weighted by molar-refractivity contribution is 0.340. The van der Waals surface area contributed by atoms with E-state index in [0.717, 1.165) is 31.6 Å². The molecule has 0 radical (unpaired) electrons. The molecule has 0 unspecified atom stereocenters. The second-order valence-corrected chi connectivity index (χ2v) is 4.97. The molecule has 0 aliphatic carbocycles. The van der Waals surface area contributed by atoms with Gasteiger partial charge in [-0.2, -0.15) is 0 Å². The summed E-state index contributed by atoms with van der Waals surface area (Å²) in [6.45, 7) is 2.16. The minimum absolute atomic E-state index is 0.501. The Bertz CT molecular complexity index is 442. The Labute approximate surface area is 98.3 Å². The second kappa shape index (κ2) is 4.35. The van der Waals surface area contributed by atoms with Crippen LogP contribution in [-0.4, -0.2) is 28.1 Å². The third kappa shape index (κ3) is 1.76. The van der Waals surface area contributed by atoms with E-state index in [1.165, 1.54) is 4.88 Å². The van der Waals surface area contributed by atoms with Crippen molar-refractivity contribution in [3.05, 3.63) is 23.7 Å². The van der Waals surface area contributed by atoms with Gasteiger partial charge in [-0.15, -0.1) is 16.4 Å². The standard InChI is InChI=1S/C11H14N4S/c1-2-11(16-7-1)10-8-13-14-15(10)9-3-5-12-6-4-9/h1-2,7-9,12H,3-6H2. The monoisotopic (exact) mass is 234 g/mol. The van der Waals surface area contributed by atoms with Crippen LogP contribution in [0, 0.1) is 0 Å². The molecule has 0 saturated carbocycles. The predicted molar refractivity (Wildman–Crippen MR) is 64.5 cm³/mol. The summed E-state index contributed by atoms with van der Waals surface area (Å²) in [5, 5.41) is 13.8. The Morgan fingerprint density at radius 3 is 3.00 bits per heavy atom. The highest BCUT2D eigenvalue weighted by molar-refractivity contribution is 7.13. The lowest BCUT2D eigenvalue weighted by Gasteiger charge is -2.23. The lowest BCUT2D eigenvalue weighted by atomic mass is 10.1. The number of aromatic nitrogens is 3. The van der Waals surface area contributed by atoms with E-state index >= 15 is 0 Å². The number of thiophene rings is 1. The van der Waals surface area contributed by atoms with E-state index in [2.05, 4.69) is 37.8 Å². The highest BCUT2D eigenvalue weighted by atomic mass is 32.1. The van der Waals surface area contributed by atoms with Gasteiger partial charge < -0.3 is 5.32 Å². The smallest absolute Gasteiger partial charge is 0.0988 e. The minimum atomic E-state index is 0.501. The molecule has 0 bridgehead atoms. The van der Waals surface area contributed by atoms with E-state index in [4.69, 9.17) is 0 Å². The zero-order valence-corrected chi connectivity index (χ0v) is 9.78. The number of nitrogens with zero attached hydrogens (tertiary/aromatic N) is 3. The Balaban J connectivity index is 1.92. The van der Waals surface area contributed by atoms with Crippen molar-refractivity contribution >= 4 is 11.3 Å². The Morgan fingerprint density at radius 1 is 1.38 bits per heavy atom. The second-order valence-electron chi connectivity index (χ2n) is 4.02. The molecule has 84 valence electrons. The molecule has 1 N–H and O–H groups in total. The third-order valence-corrected chi connectivity index (χ3v) is 3.90. The van der Waals surface area contributed by atoms with Gasteiger partial charge in [0.05, 0.1) is 22.8 Å². The summed E-state index contributed by atoms with van der Waals surface area (Å²) in [6.07, 6.45) is 4.15. The number of rotatable bonds is 2. The van der Waals surface area contributed by atoms with Crippen LogP contribution in [0.15, 0.2) is 23.7 Å². The molecule has 0 spiro atoms. The van der Waals surface area contributed by atoms with E-state index in [1.807, 2.05) is 6.20 Å². The highest BCUT2D eigenvalue weighted by Gasteiger charge is 2.19. The van der Waals surface area contributed by atoms with Crippen LogP contribution in [0.5, 0.6) is 0 Å². The first-order valence-electron chi connectivity index (χ1n) is 5.60. The predicted octanol–water partition coefficient (Wildman–Crippen LogP) is 1.93. The summed E-state index contributed by atoms with van der Waals surface area (Å²) < 4.78 is 2.09. The minimum Gasteiger partial charge on any atom is -0.317 e. The number of hydrogen-bond donors (Lipinski definition) is 1. The quantitative estimate of drug-likeness (QED) is 0.863. The van der Waals surface area contributed by atoms with Crippen LogP contribution in [0.1, 0.15) is 18.9 Å². The summed E-state index contributed by atoms with van der Waals surface area (Å²) in [7, 11) is 0. The van der Waals surface area contributed by atoms with Crippen molar-refractivity contribution in [2.24, 2.45) is 0 Å². The largest absolute Gasteiger partial charge is 0.317 e. The van der Waals surface area contributed by atoms with E-state index < -0.39 is 0 Å². The highest BCUT2D eigenvalue weighted by Crippen LogP contribution is 2.28. The summed E-state index contributed by atoms with van der Waals surface area (Å²) in [4.78, 5) is 1.25. The lowest BCUT2D eigenvalue weighted by Crippen LogP contribution is -2.30. The zero-order valence-electron chi connectivity index (χ0n) is 8.97. The van der Waals surface area contributed by atoms with Gasteiger partial charge in [-0.3, -0.25) is 0 Å². The van der Waals surface area contributed by atoms with E-state index in [0.29, 0.717) is 6.04 Å². The summed E-state index contributed by atoms with van der Waals surface area (Å²) >= 11 is 1.74. The van der Waals surface area contributed by atoms with Crippen LogP contribution in [0.25, 0.3) is 10.6 Å². The molecule has 3 heterocycles. The van der Waals surface area contributed by atoms with Crippen LogP contribution in [0.4, 0.5) is 0 Å². The number of piperidine rings is 1. The third-order valence-electron chi connectivity index (χ3n) is 3.00. The van der Waals surface area contributed by atoms with Gasteiger partial charge in [0.25, 0.3) is 0 Å². The van der Waals surface area contributed by atoms with Crippen molar-refractivity contribution < 1.29 is 0 Å². The molecule has 1 saturated heterocycles. The van der Waals surface area contributed by atoms with Crippen molar-refractivity contribution in [1.82, 2.24) is 20.3 Å². The topological polar surface area (TPSA) is 42.7 Å². The van der Waals surface area contributed by atoms with Crippen LogP contribution < -0.4 is 5.32 Å². The Morgan fingerprint density at radius 2 is 2.25 bits per heavy atom. The molecule has 1 fully saturated rings. The van der Waals surface area contributed by atoms with E-state index in [1.54, 1.807) is 11.3 Å². The molecule has 0 amide bonds. The van der Waals surface area contributed by atoms with Gasteiger partial charge in [0.2, 0.25) is 0 Å². The molecular weight excluding hydrogens is 220 g/mol. The molecular formula is C11H14N4S. The normalized spacial score (nSPS) is 17.8. The average Bonchev–Trinajstić information content (AvgIpc) is 3.01. The maximum absolute atomic E-state index is 4.24. The van der Waals surface area contributed by atoms with Crippen LogP contribution in [0.3, 0.4) is 0 Å². The van der Waals surface area contributed by atoms with Crippen LogP contribution in [-0.2, 0) is 0 Å². The van der Waals surface area contributed by atoms with Gasteiger partial charge in [-0.1, -0.05) is 11.3 Å². The molecule has 0 aromatic carbocycles. The van der Waals surface area contributed by atoms with Crippen molar-refractivity contribution in [3.8, 4) is 10.6 Å². The fourth-order valence-corrected chi connectivity index (χ4v) is 2.89. The van der Waals surface area contributed by atoms with Crippen molar-refractivity contribution in [2.45, 2.75) is 18.9 Å². The first-order chi connectivity index (χ1) is 7.95. The number of hydrogen-bond acceptors (Lipinski definition) is 4. The van der Waals surface area contributed by atoms with Crippen molar-refractivity contribution in [1.29, 1.82) is 0 Å². The summed E-state index contributed by atoms with van der Waals surface area (Å²) in [6, 6.07) is 4.70. The Hall–Kier alpha value is -1.20. The summed E-state index contributed by atoms with van der Waals surface area (Å²) in [5.74, 6) is 0. The maximum Gasteiger partial charge on any atom is 0.0988 e. The molecule has 5 heteroatoms. The average molecular weight is 234 g/mol. The van der Waals surface area contributed by atoms with Gasteiger partial charge in [0, 0.05) is 0 Å². The van der Waals surface area contributed by atoms with Gasteiger partial charge >= 0.3 is 0 Å². The number of nitrogens with one attached hydrogen (secondary N) is 1. The van der Waals surface area contributed by atoms with Crippen molar-refractivity contribution in [2.75, 3.05) is 13.1 Å². The molecule has 3 rings (SSSR count). The molecule has 2 aromatic heterocycles. The molecule has 0 atom stereocenters. The van der Waals surface area contributed by atoms with E-state index in [9.17, 15) is 0 Å². The van der Waals surface area contributed by atoms with Gasteiger partial charge in [0.1, 0.15) is 0 Å². The van der Waals surface area contributed by atoms with Crippen molar-refractivity contribution in [3.63, 3.8) is 0 Å². The first kappa shape index (κ1) is 9.99. The molecule has 4 nitrogen and oxygen atoms in total. The van der Waals surface area contributed by atoms with Crippen LogP contribution >= 0.6 is 11.3 Å². The van der Waals surface area contributed by atoms with Gasteiger partial charge in [0.15, 0.2) is 0 Å². The summed E-state index contributed by atoms with van der Waals surface area (Å²) in [5.41, 5.74) is 1.15. The fourth-order valence-electron chi connectivity index (χ4n) is 2.17. The van der Waals surface area contributed by atoms with Crippen LogP contribution in [0.2, 0.25) is 0 Å². The maximum atomic E-state index is 4.24. The van der Waals surface area contributed by atoms with Gasteiger partial charge in [-0.25, -0.2) is 4.68 Å². The SMILES string of the molecule is c1csc(-c2cnnn2C2CCNCC2)c1. The molecule has 1 aliphatic rings. The fraction of sp³-hybridized carbons (Fsp3) is 0.455. The molecule has 16 heavy (non-hydrogen) atoms. The Kier molecular flexibility index (Phi) is 2.71. The first-order valence-corrected chi connectivity index (χ1v) is 6.48. The molecule has 2 aromatic rings. The molecule has 1 aliphatic heterocycles. The zero-order chi connectivity index (χ0) is 10.8. The van der Waals surface area contributed by atoms with Gasteiger partial charge in [-0.05, 0) is 37.4 Å². The van der Waals surface area contributed by atoms with E-state index in [-0.39, 0.29) is 0 Å².